The lowest BCUT2D eigenvalue weighted by Crippen LogP contribution is -2.40. The number of sulfone groups is 1. The first kappa shape index (κ1) is 12.9. The van der Waals surface area contributed by atoms with Gasteiger partial charge >= 0.3 is 0 Å². The maximum Gasteiger partial charge on any atom is 0.147 e. The van der Waals surface area contributed by atoms with Gasteiger partial charge in [0.15, 0.2) is 0 Å². The quantitative estimate of drug-likeness (QED) is 0.527. The first-order valence-corrected chi connectivity index (χ1v) is 7.73. The maximum atomic E-state index is 11.0. The van der Waals surface area contributed by atoms with Crippen LogP contribution >= 0.6 is 0 Å². The highest BCUT2D eigenvalue weighted by molar-refractivity contribution is 7.90. The molecule has 1 fully saturated rings. The van der Waals surface area contributed by atoms with E-state index in [1.807, 2.05) is 0 Å². The standard InChI is InChI=1S/C10H22N2O2S/c1-15(13,14)8-4-7-10(12-11)9-5-2-3-6-9/h9-10,12H,2-8,11H2,1H3. The van der Waals surface area contributed by atoms with Gasteiger partial charge in [-0.15, -0.1) is 0 Å². The van der Waals surface area contributed by atoms with Gasteiger partial charge in [0, 0.05) is 18.1 Å². The Morgan fingerprint density at radius 2 is 2.00 bits per heavy atom. The Kier molecular flexibility index (Phi) is 5.02. The zero-order valence-electron chi connectivity index (χ0n) is 9.41. The van der Waals surface area contributed by atoms with Crippen molar-refractivity contribution >= 4 is 9.84 Å². The van der Waals surface area contributed by atoms with Gasteiger partial charge in [0.2, 0.25) is 0 Å². The van der Waals surface area contributed by atoms with E-state index < -0.39 is 9.84 Å². The molecule has 0 bridgehead atoms. The van der Waals surface area contributed by atoms with Crippen LogP contribution in [0.5, 0.6) is 0 Å². The molecular formula is C10H22N2O2S. The number of hydrogen-bond acceptors (Lipinski definition) is 4. The number of hydrogen-bond donors (Lipinski definition) is 2. The van der Waals surface area contributed by atoms with Gasteiger partial charge < -0.3 is 0 Å². The van der Waals surface area contributed by atoms with E-state index in [9.17, 15) is 8.42 Å². The van der Waals surface area contributed by atoms with Crippen molar-refractivity contribution in [3.05, 3.63) is 0 Å². The second-order valence-corrected chi connectivity index (χ2v) is 6.85. The third-order valence-corrected chi connectivity index (χ3v) is 4.24. The van der Waals surface area contributed by atoms with E-state index >= 15 is 0 Å². The number of rotatable bonds is 6. The summed E-state index contributed by atoms with van der Waals surface area (Å²) in [6.45, 7) is 0. The molecule has 5 heteroatoms. The molecule has 0 heterocycles. The molecule has 0 saturated heterocycles. The van der Waals surface area contributed by atoms with Gasteiger partial charge in [-0.05, 0) is 31.6 Å². The molecule has 0 aromatic rings. The Morgan fingerprint density at radius 1 is 1.40 bits per heavy atom. The SMILES string of the molecule is CS(=O)(=O)CCCC(NN)C1CCCC1. The fourth-order valence-electron chi connectivity index (χ4n) is 2.38. The Labute approximate surface area is 92.5 Å². The largest absolute Gasteiger partial charge is 0.271 e. The first-order chi connectivity index (χ1) is 7.03. The monoisotopic (exact) mass is 234 g/mol. The Hall–Kier alpha value is -0.130. The maximum absolute atomic E-state index is 11.0. The van der Waals surface area contributed by atoms with Crippen molar-refractivity contribution in [1.29, 1.82) is 0 Å². The molecule has 90 valence electrons. The lowest BCUT2D eigenvalue weighted by atomic mass is 9.95. The minimum atomic E-state index is -2.82. The molecule has 0 spiro atoms. The van der Waals surface area contributed by atoms with Crippen LogP contribution in [0.3, 0.4) is 0 Å². The van der Waals surface area contributed by atoms with Gasteiger partial charge in [0.1, 0.15) is 9.84 Å². The summed E-state index contributed by atoms with van der Waals surface area (Å²) in [6.07, 6.45) is 7.90. The van der Waals surface area contributed by atoms with Crippen LogP contribution in [0.4, 0.5) is 0 Å². The van der Waals surface area contributed by atoms with Crippen molar-refractivity contribution in [2.45, 2.75) is 44.6 Å². The van der Waals surface area contributed by atoms with Crippen LogP contribution in [0.15, 0.2) is 0 Å². The molecule has 0 amide bonds. The molecule has 0 aromatic heterocycles. The number of nitrogens with two attached hydrogens (primary N) is 1. The lowest BCUT2D eigenvalue weighted by molar-refractivity contribution is 0.342. The van der Waals surface area contributed by atoms with E-state index in [2.05, 4.69) is 5.43 Å². The van der Waals surface area contributed by atoms with Crippen LogP contribution in [-0.4, -0.2) is 26.5 Å². The van der Waals surface area contributed by atoms with Crippen molar-refractivity contribution < 1.29 is 8.42 Å². The van der Waals surface area contributed by atoms with Gasteiger partial charge in [-0.2, -0.15) is 0 Å². The summed E-state index contributed by atoms with van der Waals surface area (Å²) in [7, 11) is -2.82. The van der Waals surface area contributed by atoms with Crippen LogP contribution in [-0.2, 0) is 9.84 Å². The zero-order chi connectivity index (χ0) is 11.3. The summed E-state index contributed by atoms with van der Waals surface area (Å²) in [5.41, 5.74) is 2.84. The van der Waals surface area contributed by atoms with Gasteiger partial charge in [0.25, 0.3) is 0 Å². The summed E-state index contributed by atoms with van der Waals surface area (Å²) >= 11 is 0. The molecule has 1 atom stereocenters. The molecular weight excluding hydrogens is 212 g/mol. The van der Waals surface area contributed by atoms with Gasteiger partial charge in [-0.25, -0.2) is 8.42 Å². The molecule has 0 aromatic carbocycles. The smallest absolute Gasteiger partial charge is 0.147 e. The predicted octanol–water partition coefficient (Wildman–Crippen LogP) is 0.833. The van der Waals surface area contributed by atoms with Crippen molar-refractivity contribution in [1.82, 2.24) is 5.43 Å². The van der Waals surface area contributed by atoms with Gasteiger partial charge in [0.05, 0.1) is 0 Å². The zero-order valence-corrected chi connectivity index (χ0v) is 10.2. The molecule has 1 aliphatic rings. The highest BCUT2D eigenvalue weighted by Crippen LogP contribution is 2.29. The first-order valence-electron chi connectivity index (χ1n) is 5.67. The molecule has 1 saturated carbocycles. The molecule has 1 unspecified atom stereocenters. The van der Waals surface area contributed by atoms with Crippen molar-refractivity contribution in [2.75, 3.05) is 12.0 Å². The van der Waals surface area contributed by atoms with Crippen molar-refractivity contribution in [3.8, 4) is 0 Å². The molecule has 4 nitrogen and oxygen atoms in total. The van der Waals surface area contributed by atoms with Crippen LogP contribution < -0.4 is 11.3 Å². The summed E-state index contributed by atoms with van der Waals surface area (Å²) < 4.78 is 21.9. The molecule has 0 aliphatic heterocycles. The van der Waals surface area contributed by atoms with E-state index in [-0.39, 0.29) is 5.75 Å². The van der Waals surface area contributed by atoms with Crippen molar-refractivity contribution in [3.63, 3.8) is 0 Å². The molecule has 15 heavy (non-hydrogen) atoms. The third kappa shape index (κ3) is 4.95. The van der Waals surface area contributed by atoms with Crippen LogP contribution in [0, 0.1) is 5.92 Å². The second-order valence-electron chi connectivity index (χ2n) is 4.59. The van der Waals surface area contributed by atoms with Gasteiger partial charge in [-0.1, -0.05) is 12.8 Å². The summed E-state index contributed by atoms with van der Waals surface area (Å²) in [6, 6.07) is 0.300. The normalized spacial score (nSPS) is 20.7. The van der Waals surface area contributed by atoms with Crippen LogP contribution in [0.1, 0.15) is 38.5 Å². The Balaban J connectivity index is 2.27. The van der Waals surface area contributed by atoms with E-state index in [0.29, 0.717) is 18.4 Å². The van der Waals surface area contributed by atoms with E-state index in [0.717, 1.165) is 6.42 Å². The minimum absolute atomic E-state index is 0.276. The summed E-state index contributed by atoms with van der Waals surface area (Å²) in [4.78, 5) is 0. The molecule has 1 aliphatic carbocycles. The van der Waals surface area contributed by atoms with Gasteiger partial charge in [-0.3, -0.25) is 11.3 Å². The summed E-state index contributed by atoms with van der Waals surface area (Å²) in [5, 5.41) is 0. The Bertz CT molecular complexity index is 271. The van der Waals surface area contributed by atoms with Crippen molar-refractivity contribution in [2.24, 2.45) is 11.8 Å². The van der Waals surface area contributed by atoms with Crippen LogP contribution in [0.2, 0.25) is 0 Å². The van der Waals surface area contributed by atoms with E-state index in [1.165, 1.54) is 31.9 Å². The highest BCUT2D eigenvalue weighted by Gasteiger charge is 2.23. The lowest BCUT2D eigenvalue weighted by Gasteiger charge is -2.22. The molecule has 0 radical (unpaired) electrons. The van der Waals surface area contributed by atoms with E-state index in [1.54, 1.807) is 0 Å². The summed E-state index contributed by atoms with van der Waals surface area (Å²) in [5.74, 6) is 6.43. The molecule has 1 rings (SSSR count). The second kappa shape index (κ2) is 5.82. The topological polar surface area (TPSA) is 72.2 Å². The Morgan fingerprint density at radius 3 is 2.47 bits per heavy atom. The fourth-order valence-corrected chi connectivity index (χ4v) is 3.07. The average molecular weight is 234 g/mol. The number of nitrogens with one attached hydrogen (secondary N) is 1. The fraction of sp³-hybridized carbons (Fsp3) is 1.00. The highest BCUT2D eigenvalue weighted by atomic mass is 32.2. The average Bonchev–Trinajstić information content (AvgIpc) is 2.63. The third-order valence-electron chi connectivity index (χ3n) is 3.21. The number of hydrazine groups is 1. The van der Waals surface area contributed by atoms with E-state index in [4.69, 9.17) is 5.84 Å². The van der Waals surface area contributed by atoms with Crippen LogP contribution in [0.25, 0.3) is 0 Å². The minimum Gasteiger partial charge on any atom is -0.271 e. The molecule has 3 N–H and O–H groups in total. The predicted molar refractivity (Wildman–Crippen MR) is 62.0 cm³/mol.